The van der Waals surface area contributed by atoms with Gasteiger partial charge in [-0.05, 0) is 54.7 Å². The van der Waals surface area contributed by atoms with Crippen LogP contribution in [0.4, 0.5) is 5.69 Å². The first-order chi connectivity index (χ1) is 12.9. The van der Waals surface area contributed by atoms with Crippen LogP contribution in [0, 0.1) is 0 Å². The summed E-state index contributed by atoms with van der Waals surface area (Å²) in [5.74, 6) is 0.830. The van der Waals surface area contributed by atoms with E-state index >= 15 is 0 Å². The number of sulfonamides is 1. The second kappa shape index (κ2) is 9.97. The lowest BCUT2D eigenvalue weighted by molar-refractivity contribution is -0.121. The summed E-state index contributed by atoms with van der Waals surface area (Å²) in [4.78, 5) is 12.0. The number of carbonyl (C=O) groups excluding carboxylic acids is 1. The third-order valence-electron chi connectivity index (χ3n) is 4.00. The van der Waals surface area contributed by atoms with Crippen LogP contribution in [0.3, 0.4) is 0 Å². The smallest absolute Gasteiger partial charge is 0.229 e. The topological polar surface area (TPSA) is 84.5 Å². The number of carbonyl (C=O) groups is 1. The van der Waals surface area contributed by atoms with Crippen molar-refractivity contribution in [3.8, 4) is 5.75 Å². The number of rotatable bonds is 10. The summed E-state index contributed by atoms with van der Waals surface area (Å²) in [6, 6.07) is 15.0. The van der Waals surface area contributed by atoms with Gasteiger partial charge in [-0.3, -0.25) is 9.52 Å². The molecular formula is C20H26N2O4S. The highest BCUT2D eigenvalue weighted by Crippen LogP contribution is 2.14. The summed E-state index contributed by atoms with van der Waals surface area (Å²) in [5.41, 5.74) is 2.72. The van der Waals surface area contributed by atoms with E-state index in [0.29, 0.717) is 25.1 Å². The molecule has 0 saturated carbocycles. The average molecular weight is 391 g/mol. The maximum atomic E-state index is 12.0. The normalized spacial score (nSPS) is 11.0. The van der Waals surface area contributed by atoms with Crippen molar-refractivity contribution in [1.29, 1.82) is 0 Å². The first-order valence-corrected chi connectivity index (χ1v) is 10.7. The Hall–Kier alpha value is -2.54. The van der Waals surface area contributed by atoms with Crippen molar-refractivity contribution in [1.82, 2.24) is 5.32 Å². The molecule has 0 heterocycles. The number of anilines is 1. The number of amides is 1. The van der Waals surface area contributed by atoms with Gasteiger partial charge in [0.15, 0.2) is 0 Å². The number of benzene rings is 2. The maximum Gasteiger partial charge on any atom is 0.229 e. The predicted octanol–water partition coefficient (Wildman–Crippen LogP) is 2.75. The Balaban J connectivity index is 1.66. The van der Waals surface area contributed by atoms with E-state index in [-0.39, 0.29) is 5.91 Å². The molecule has 2 aromatic rings. The van der Waals surface area contributed by atoms with E-state index < -0.39 is 10.0 Å². The van der Waals surface area contributed by atoms with Crippen LogP contribution in [-0.2, 0) is 27.7 Å². The molecule has 2 rings (SSSR count). The Morgan fingerprint density at radius 3 is 2.44 bits per heavy atom. The van der Waals surface area contributed by atoms with Crippen molar-refractivity contribution in [3.63, 3.8) is 0 Å². The molecule has 0 saturated heterocycles. The lowest BCUT2D eigenvalue weighted by Gasteiger charge is -2.08. The summed E-state index contributed by atoms with van der Waals surface area (Å²) >= 11 is 0. The quantitative estimate of drug-likeness (QED) is 0.611. The molecule has 1 amide bonds. The van der Waals surface area contributed by atoms with Gasteiger partial charge in [0.2, 0.25) is 15.9 Å². The fraction of sp³-hybridized carbons (Fsp3) is 0.350. The monoisotopic (exact) mass is 390 g/mol. The zero-order chi connectivity index (χ0) is 19.7. The SMILES string of the molecule is COc1cccc(CCC(=O)NCCCc2ccc(NS(C)(=O)=O)cc2)c1. The van der Waals surface area contributed by atoms with E-state index in [1.165, 1.54) is 0 Å². The molecule has 0 unspecified atom stereocenters. The Labute approximate surface area is 161 Å². The van der Waals surface area contributed by atoms with Gasteiger partial charge in [0, 0.05) is 18.7 Å². The third-order valence-corrected chi connectivity index (χ3v) is 4.60. The molecule has 0 fully saturated rings. The number of hydrogen-bond donors (Lipinski definition) is 2. The molecule has 0 aliphatic rings. The molecule has 6 nitrogen and oxygen atoms in total. The molecule has 0 spiro atoms. The minimum absolute atomic E-state index is 0.0329. The van der Waals surface area contributed by atoms with Gasteiger partial charge in [-0.2, -0.15) is 0 Å². The van der Waals surface area contributed by atoms with E-state index in [9.17, 15) is 13.2 Å². The summed E-state index contributed by atoms with van der Waals surface area (Å²) in [5, 5.41) is 2.93. The highest BCUT2D eigenvalue weighted by atomic mass is 32.2. The standard InChI is InChI=1S/C20H26N2O4S/c1-26-19-7-3-5-17(15-19)10-13-20(23)21-14-4-6-16-8-11-18(12-9-16)22-27(2,24)25/h3,5,7-9,11-12,15,22H,4,6,10,13-14H2,1-2H3,(H,21,23). The first-order valence-electron chi connectivity index (χ1n) is 8.82. The molecule has 0 radical (unpaired) electrons. The van der Waals surface area contributed by atoms with Crippen LogP contribution in [0.2, 0.25) is 0 Å². The average Bonchev–Trinajstić information content (AvgIpc) is 2.64. The van der Waals surface area contributed by atoms with Gasteiger partial charge in [0.25, 0.3) is 0 Å². The largest absolute Gasteiger partial charge is 0.497 e. The van der Waals surface area contributed by atoms with E-state index in [1.54, 1.807) is 19.2 Å². The Kier molecular flexibility index (Phi) is 7.67. The van der Waals surface area contributed by atoms with Gasteiger partial charge in [-0.15, -0.1) is 0 Å². The first kappa shape index (κ1) is 20.8. The van der Waals surface area contributed by atoms with E-state index in [2.05, 4.69) is 10.0 Å². The molecule has 0 bridgehead atoms. The molecule has 2 N–H and O–H groups in total. The van der Waals surface area contributed by atoms with E-state index in [1.807, 2.05) is 36.4 Å². The zero-order valence-electron chi connectivity index (χ0n) is 15.7. The second-order valence-electron chi connectivity index (χ2n) is 6.38. The van der Waals surface area contributed by atoms with Gasteiger partial charge in [-0.1, -0.05) is 24.3 Å². The van der Waals surface area contributed by atoms with Crippen molar-refractivity contribution in [2.45, 2.75) is 25.7 Å². The van der Waals surface area contributed by atoms with Crippen molar-refractivity contribution < 1.29 is 17.9 Å². The Morgan fingerprint density at radius 2 is 1.78 bits per heavy atom. The lowest BCUT2D eigenvalue weighted by atomic mass is 10.1. The van der Waals surface area contributed by atoms with Crippen LogP contribution < -0.4 is 14.8 Å². The maximum absolute atomic E-state index is 12.0. The molecule has 0 atom stereocenters. The second-order valence-corrected chi connectivity index (χ2v) is 8.12. The van der Waals surface area contributed by atoms with Gasteiger partial charge in [-0.25, -0.2) is 8.42 Å². The molecule has 0 aliphatic heterocycles. The summed E-state index contributed by atoms with van der Waals surface area (Å²) < 4.78 is 30.0. The lowest BCUT2D eigenvalue weighted by Crippen LogP contribution is -2.24. The summed E-state index contributed by atoms with van der Waals surface area (Å²) in [6.07, 6.45) is 3.88. The van der Waals surface area contributed by atoms with Crippen molar-refractivity contribution in [3.05, 3.63) is 59.7 Å². The predicted molar refractivity (Wildman–Crippen MR) is 108 cm³/mol. The number of hydrogen-bond acceptors (Lipinski definition) is 4. The fourth-order valence-corrected chi connectivity index (χ4v) is 3.21. The fourth-order valence-electron chi connectivity index (χ4n) is 2.65. The third kappa shape index (κ3) is 8.13. The Morgan fingerprint density at radius 1 is 1.04 bits per heavy atom. The Bertz CT molecular complexity index is 849. The van der Waals surface area contributed by atoms with Crippen LogP contribution in [-0.4, -0.2) is 34.2 Å². The highest BCUT2D eigenvalue weighted by Gasteiger charge is 2.04. The number of aryl methyl sites for hydroxylation is 2. The number of nitrogens with one attached hydrogen (secondary N) is 2. The summed E-state index contributed by atoms with van der Waals surface area (Å²) in [7, 11) is -1.63. The van der Waals surface area contributed by atoms with Gasteiger partial charge < -0.3 is 10.1 Å². The van der Waals surface area contributed by atoms with E-state index in [0.717, 1.165) is 36.0 Å². The summed E-state index contributed by atoms with van der Waals surface area (Å²) in [6.45, 7) is 0.611. The van der Waals surface area contributed by atoms with Gasteiger partial charge in [0.05, 0.1) is 13.4 Å². The molecular weight excluding hydrogens is 364 g/mol. The number of methoxy groups -OCH3 is 1. The van der Waals surface area contributed by atoms with Crippen LogP contribution in [0.15, 0.2) is 48.5 Å². The van der Waals surface area contributed by atoms with Gasteiger partial charge in [0.1, 0.15) is 5.75 Å². The van der Waals surface area contributed by atoms with Crippen molar-refractivity contribution >= 4 is 21.6 Å². The van der Waals surface area contributed by atoms with Crippen LogP contribution in [0.1, 0.15) is 24.0 Å². The highest BCUT2D eigenvalue weighted by molar-refractivity contribution is 7.92. The van der Waals surface area contributed by atoms with E-state index in [4.69, 9.17) is 4.74 Å². The molecule has 0 aliphatic carbocycles. The zero-order valence-corrected chi connectivity index (χ0v) is 16.5. The number of ether oxygens (including phenoxy) is 1. The van der Waals surface area contributed by atoms with Crippen LogP contribution in [0.5, 0.6) is 5.75 Å². The van der Waals surface area contributed by atoms with Gasteiger partial charge >= 0.3 is 0 Å². The molecule has 146 valence electrons. The van der Waals surface area contributed by atoms with Crippen LogP contribution in [0.25, 0.3) is 0 Å². The van der Waals surface area contributed by atoms with Crippen molar-refractivity contribution in [2.24, 2.45) is 0 Å². The molecule has 7 heteroatoms. The molecule has 0 aromatic heterocycles. The molecule has 27 heavy (non-hydrogen) atoms. The van der Waals surface area contributed by atoms with Crippen LogP contribution >= 0.6 is 0 Å². The minimum Gasteiger partial charge on any atom is -0.497 e. The minimum atomic E-state index is -3.25. The molecule has 2 aromatic carbocycles. The van der Waals surface area contributed by atoms with Crippen molar-refractivity contribution in [2.75, 3.05) is 24.6 Å².